The zero-order valence-corrected chi connectivity index (χ0v) is 14.1. The summed E-state index contributed by atoms with van der Waals surface area (Å²) in [5.74, 6) is -0.434. The summed E-state index contributed by atoms with van der Waals surface area (Å²) in [4.78, 5) is 32.8. The summed E-state index contributed by atoms with van der Waals surface area (Å²) in [6, 6.07) is 13.6. The first-order chi connectivity index (χ1) is 12.6. The lowest BCUT2D eigenvalue weighted by molar-refractivity contribution is 0.102. The molecule has 1 aromatic carbocycles. The highest BCUT2D eigenvalue weighted by Crippen LogP contribution is 2.17. The predicted octanol–water partition coefficient (Wildman–Crippen LogP) is 3.68. The molecule has 0 radical (unpaired) electrons. The second-order valence-electron chi connectivity index (χ2n) is 5.49. The Morgan fingerprint density at radius 2 is 1.65 bits per heavy atom. The largest absolute Gasteiger partial charge is 0.323 e. The molecule has 0 saturated heterocycles. The van der Waals surface area contributed by atoms with E-state index in [2.05, 4.69) is 25.9 Å². The third kappa shape index (κ3) is 4.21. The van der Waals surface area contributed by atoms with Gasteiger partial charge in [-0.1, -0.05) is 18.2 Å². The number of carbonyl (C=O) groups excluding carboxylic acids is 2. The molecule has 7 heteroatoms. The topological polar surface area (TPSA) is 96.0 Å². The number of hydrogen-bond acceptors (Lipinski definition) is 4. The predicted molar refractivity (Wildman–Crippen MR) is 100 cm³/mol. The van der Waals surface area contributed by atoms with Gasteiger partial charge in [0, 0.05) is 18.1 Å². The monoisotopic (exact) mass is 347 g/mol. The summed E-state index contributed by atoms with van der Waals surface area (Å²) in [6.07, 6.45) is 4.70. The number of amides is 3. The Morgan fingerprint density at radius 3 is 2.42 bits per heavy atom. The molecule has 2 heterocycles. The van der Waals surface area contributed by atoms with Crippen LogP contribution in [0.3, 0.4) is 0 Å². The Kier molecular flexibility index (Phi) is 5.19. The molecule has 26 heavy (non-hydrogen) atoms. The molecular weight excluding hydrogens is 330 g/mol. The average molecular weight is 347 g/mol. The van der Waals surface area contributed by atoms with Crippen molar-refractivity contribution in [3.8, 4) is 0 Å². The van der Waals surface area contributed by atoms with Crippen LogP contribution < -0.4 is 16.0 Å². The number of anilines is 3. The quantitative estimate of drug-likeness (QED) is 0.671. The second-order valence-corrected chi connectivity index (χ2v) is 5.49. The van der Waals surface area contributed by atoms with Crippen molar-refractivity contribution in [2.45, 2.75) is 6.92 Å². The SMILES string of the molecule is Cc1ccncc1NC(=O)c1ncccc1NC(=O)Nc1ccccc1. The maximum Gasteiger partial charge on any atom is 0.323 e. The van der Waals surface area contributed by atoms with Gasteiger partial charge in [-0.2, -0.15) is 0 Å². The maximum atomic E-state index is 12.6. The van der Waals surface area contributed by atoms with Crippen LogP contribution in [-0.2, 0) is 0 Å². The van der Waals surface area contributed by atoms with E-state index in [4.69, 9.17) is 0 Å². The Labute approximate surface area is 150 Å². The summed E-state index contributed by atoms with van der Waals surface area (Å²) in [7, 11) is 0. The summed E-state index contributed by atoms with van der Waals surface area (Å²) < 4.78 is 0. The zero-order valence-electron chi connectivity index (χ0n) is 14.1. The van der Waals surface area contributed by atoms with Crippen LogP contribution in [0.5, 0.6) is 0 Å². The maximum absolute atomic E-state index is 12.6. The summed E-state index contributed by atoms with van der Waals surface area (Å²) >= 11 is 0. The third-order valence-electron chi connectivity index (χ3n) is 3.59. The second kappa shape index (κ2) is 7.89. The number of nitrogens with one attached hydrogen (secondary N) is 3. The molecule has 0 aliphatic rings. The van der Waals surface area contributed by atoms with E-state index in [0.717, 1.165) is 5.56 Å². The van der Waals surface area contributed by atoms with Crippen molar-refractivity contribution in [3.05, 3.63) is 78.4 Å². The minimum absolute atomic E-state index is 0.110. The summed E-state index contributed by atoms with van der Waals surface area (Å²) in [5, 5.41) is 8.10. The van der Waals surface area contributed by atoms with Gasteiger partial charge < -0.3 is 16.0 Å². The van der Waals surface area contributed by atoms with E-state index in [0.29, 0.717) is 17.1 Å². The highest BCUT2D eigenvalue weighted by molar-refractivity contribution is 6.10. The average Bonchev–Trinajstić information content (AvgIpc) is 2.65. The van der Waals surface area contributed by atoms with E-state index in [1.807, 2.05) is 25.1 Å². The van der Waals surface area contributed by atoms with Crippen molar-refractivity contribution >= 4 is 29.0 Å². The molecule has 0 bridgehead atoms. The van der Waals surface area contributed by atoms with Crippen LogP contribution in [0.2, 0.25) is 0 Å². The number of rotatable bonds is 4. The van der Waals surface area contributed by atoms with Gasteiger partial charge in [-0.05, 0) is 42.8 Å². The third-order valence-corrected chi connectivity index (χ3v) is 3.59. The number of hydrogen-bond donors (Lipinski definition) is 3. The Balaban J connectivity index is 1.74. The minimum Gasteiger partial charge on any atom is -0.319 e. The van der Waals surface area contributed by atoms with Crippen molar-refractivity contribution in [2.24, 2.45) is 0 Å². The van der Waals surface area contributed by atoms with Gasteiger partial charge in [-0.15, -0.1) is 0 Å². The van der Waals surface area contributed by atoms with Gasteiger partial charge in [-0.3, -0.25) is 9.78 Å². The molecule has 0 aliphatic carbocycles. The molecule has 0 atom stereocenters. The van der Waals surface area contributed by atoms with Crippen LogP contribution in [0.4, 0.5) is 21.9 Å². The molecule has 3 rings (SSSR count). The molecule has 3 amide bonds. The minimum atomic E-state index is -0.462. The van der Waals surface area contributed by atoms with Crippen LogP contribution in [0.1, 0.15) is 16.1 Å². The number of aromatic nitrogens is 2. The lowest BCUT2D eigenvalue weighted by Crippen LogP contribution is -2.23. The molecule has 130 valence electrons. The Bertz CT molecular complexity index is 928. The lowest BCUT2D eigenvalue weighted by atomic mass is 10.2. The first kappa shape index (κ1) is 17.1. The molecule has 0 spiro atoms. The summed E-state index contributed by atoms with van der Waals surface area (Å²) in [5.41, 5.74) is 2.52. The van der Waals surface area contributed by atoms with Gasteiger partial charge >= 0.3 is 6.03 Å². The van der Waals surface area contributed by atoms with Crippen LogP contribution >= 0.6 is 0 Å². The molecule has 0 saturated carbocycles. The van der Waals surface area contributed by atoms with Crippen LogP contribution in [0, 0.1) is 6.92 Å². The van der Waals surface area contributed by atoms with E-state index in [1.54, 1.807) is 42.7 Å². The van der Waals surface area contributed by atoms with Crippen LogP contribution in [0.25, 0.3) is 0 Å². The van der Waals surface area contributed by atoms with Gasteiger partial charge in [0.25, 0.3) is 5.91 Å². The number of pyridine rings is 2. The van der Waals surface area contributed by atoms with Gasteiger partial charge in [0.2, 0.25) is 0 Å². The lowest BCUT2D eigenvalue weighted by Gasteiger charge is -2.12. The van der Waals surface area contributed by atoms with Crippen LogP contribution in [0.15, 0.2) is 67.1 Å². The van der Waals surface area contributed by atoms with Crippen molar-refractivity contribution in [2.75, 3.05) is 16.0 Å². The van der Waals surface area contributed by atoms with E-state index in [-0.39, 0.29) is 5.69 Å². The van der Waals surface area contributed by atoms with Crippen molar-refractivity contribution in [1.82, 2.24) is 9.97 Å². The molecule has 3 N–H and O–H groups in total. The number of nitrogens with zero attached hydrogens (tertiary/aromatic N) is 2. The normalized spacial score (nSPS) is 10.0. The summed E-state index contributed by atoms with van der Waals surface area (Å²) in [6.45, 7) is 1.86. The molecular formula is C19H17N5O2. The first-order valence-corrected chi connectivity index (χ1v) is 7.93. The number of urea groups is 1. The molecule has 3 aromatic rings. The molecule has 2 aromatic heterocycles. The van der Waals surface area contributed by atoms with E-state index in [9.17, 15) is 9.59 Å². The van der Waals surface area contributed by atoms with Crippen molar-refractivity contribution < 1.29 is 9.59 Å². The van der Waals surface area contributed by atoms with Crippen molar-refractivity contribution in [3.63, 3.8) is 0 Å². The van der Waals surface area contributed by atoms with Gasteiger partial charge in [0.15, 0.2) is 5.69 Å². The molecule has 0 aliphatic heterocycles. The first-order valence-electron chi connectivity index (χ1n) is 7.93. The van der Waals surface area contributed by atoms with E-state index < -0.39 is 11.9 Å². The Hall–Kier alpha value is -3.74. The number of para-hydroxylation sites is 1. The van der Waals surface area contributed by atoms with Crippen molar-refractivity contribution in [1.29, 1.82) is 0 Å². The molecule has 0 unspecified atom stereocenters. The van der Waals surface area contributed by atoms with E-state index in [1.165, 1.54) is 6.20 Å². The van der Waals surface area contributed by atoms with Crippen LogP contribution in [-0.4, -0.2) is 21.9 Å². The standard InChI is InChI=1S/C19H17N5O2/c1-13-9-11-20-12-16(13)23-18(25)17-15(8-5-10-21-17)24-19(26)22-14-6-3-2-4-7-14/h2-12H,1H3,(H,23,25)(H2,22,24,26). The molecule has 0 fully saturated rings. The fourth-order valence-electron chi connectivity index (χ4n) is 2.27. The smallest absolute Gasteiger partial charge is 0.319 e. The number of aryl methyl sites for hydroxylation is 1. The highest BCUT2D eigenvalue weighted by Gasteiger charge is 2.16. The zero-order chi connectivity index (χ0) is 18.4. The van der Waals surface area contributed by atoms with Gasteiger partial charge in [-0.25, -0.2) is 9.78 Å². The number of benzene rings is 1. The van der Waals surface area contributed by atoms with Gasteiger partial charge in [0.05, 0.1) is 17.6 Å². The Morgan fingerprint density at radius 1 is 0.846 bits per heavy atom. The fourth-order valence-corrected chi connectivity index (χ4v) is 2.27. The van der Waals surface area contributed by atoms with Gasteiger partial charge in [0.1, 0.15) is 0 Å². The van der Waals surface area contributed by atoms with E-state index >= 15 is 0 Å². The number of carbonyl (C=O) groups is 2. The molecule has 7 nitrogen and oxygen atoms in total. The highest BCUT2D eigenvalue weighted by atomic mass is 16.2. The fraction of sp³-hybridized carbons (Fsp3) is 0.0526.